The molecule has 0 radical (unpaired) electrons. The van der Waals surface area contributed by atoms with E-state index in [2.05, 4.69) is 8.75 Å². The fourth-order valence-corrected chi connectivity index (χ4v) is 1.54. The van der Waals surface area contributed by atoms with Crippen LogP contribution in [0.25, 0.3) is 11.0 Å². The molecule has 0 unspecified atom stereocenters. The molecule has 0 N–H and O–H groups in total. The van der Waals surface area contributed by atoms with Crippen LogP contribution in [0.3, 0.4) is 0 Å². The van der Waals surface area contributed by atoms with E-state index >= 15 is 0 Å². The zero-order chi connectivity index (χ0) is 6.97. The Kier molecular flexibility index (Phi) is 1.20. The van der Waals surface area contributed by atoms with Gasteiger partial charge in [-0.25, -0.2) is 0 Å². The van der Waals surface area contributed by atoms with Gasteiger partial charge in [0.1, 0.15) is 13.4 Å². The third-order valence-electron chi connectivity index (χ3n) is 1.49. The number of fused-ring (bicyclic) bond motifs is 1. The van der Waals surface area contributed by atoms with Crippen LogP contribution in [-0.4, -0.2) is 16.6 Å². The zero-order valence-corrected chi connectivity index (χ0v) is 6.35. The Labute approximate surface area is 63.6 Å². The van der Waals surface area contributed by atoms with Crippen LogP contribution in [0.5, 0.6) is 0 Å². The van der Waals surface area contributed by atoms with Gasteiger partial charge in [0.05, 0.1) is 17.2 Å². The predicted octanol–water partition coefficient (Wildman–Crippen LogP) is -0.0503. The van der Waals surface area contributed by atoms with Crippen LogP contribution >= 0.6 is 11.7 Å². The summed E-state index contributed by atoms with van der Waals surface area (Å²) in [7, 11) is 2.05. The molecule has 1 aromatic heterocycles. The van der Waals surface area contributed by atoms with E-state index in [1.165, 1.54) is 17.2 Å². The maximum atomic E-state index is 4.15. The molecule has 0 saturated carbocycles. The molecule has 1 heterocycles. The second-order valence-electron chi connectivity index (χ2n) is 2.21. The van der Waals surface area contributed by atoms with Crippen LogP contribution in [0.15, 0.2) is 18.2 Å². The molecule has 2 aromatic rings. The minimum absolute atomic E-state index is 1.00. The summed E-state index contributed by atoms with van der Waals surface area (Å²) < 4.78 is 8.26. The van der Waals surface area contributed by atoms with Crippen molar-refractivity contribution in [2.45, 2.75) is 0 Å². The van der Waals surface area contributed by atoms with Gasteiger partial charge in [-0.15, -0.1) is 0 Å². The first-order valence-corrected chi connectivity index (χ1v) is 3.79. The van der Waals surface area contributed by atoms with Crippen molar-refractivity contribution < 1.29 is 0 Å². The number of hydrogen-bond acceptors (Lipinski definition) is 3. The summed E-state index contributed by atoms with van der Waals surface area (Å²) in [5.41, 5.74) is 3.24. The largest absolute Gasteiger partial charge is 0.174 e. The molecular formula is C6H5BN2S. The third-order valence-corrected chi connectivity index (χ3v) is 2.03. The highest BCUT2D eigenvalue weighted by Gasteiger charge is 1.97. The summed E-state index contributed by atoms with van der Waals surface area (Å²) in [5.74, 6) is 0. The molecule has 0 fully saturated rings. The summed E-state index contributed by atoms with van der Waals surface area (Å²) in [5, 5.41) is 0. The van der Waals surface area contributed by atoms with E-state index in [1.807, 2.05) is 26.0 Å². The van der Waals surface area contributed by atoms with Crippen molar-refractivity contribution >= 4 is 36.1 Å². The van der Waals surface area contributed by atoms with Crippen LogP contribution < -0.4 is 5.46 Å². The molecule has 48 valence electrons. The van der Waals surface area contributed by atoms with E-state index in [0.29, 0.717) is 0 Å². The minimum Gasteiger partial charge on any atom is -0.174 e. The molecule has 0 aliphatic carbocycles. The second kappa shape index (κ2) is 2.06. The summed E-state index contributed by atoms with van der Waals surface area (Å²) in [6, 6.07) is 6.02. The molecular weight excluding hydrogens is 143 g/mol. The van der Waals surface area contributed by atoms with Crippen molar-refractivity contribution in [1.29, 1.82) is 0 Å². The van der Waals surface area contributed by atoms with Crippen molar-refractivity contribution in [3.63, 3.8) is 0 Å². The van der Waals surface area contributed by atoms with E-state index in [0.717, 1.165) is 11.0 Å². The number of rotatable bonds is 0. The SMILES string of the molecule is Bc1cccc2nsnc12. The van der Waals surface area contributed by atoms with Crippen LogP contribution in [0.2, 0.25) is 0 Å². The molecule has 4 heteroatoms. The monoisotopic (exact) mass is 148 g/mol. The quantitative estimate of drug-likeness (QED) is 0.489. The van der Waals surface area contributed by atoms with Gasteiger partial charge in [-0.2, -0.15) is 8.75 Å². The third kappa shape index (κ3) is 0.725. The lowest BCUT2D eigenvalue weighted by atomic mass is 9.95. The first-order chi connectivity index (χ1) is 4.88. The molecule has 1 aromatic carbocycles. The molecule has 2 rings (SSSR count). The predicted molar refractivity (Wildman–Crippen MR) is 45.6 cm³/mol. The van der Waals surface area contributed by atoms with Crippen LogP contribution in [0.4, 0.5) is 0 Å². The van der Waals surface area contributed by atoms with Crippen LogP contribution in [0, 0.1) is 0 Å². The topological polar surface area (TPSA) is 25.8 Å². The number of aromatic nitrogens is 2. The molecule has 2 nitrogen and oxygen atoms in total. The van der Waals surface area contributed by atoms with Crippen LogP contribution in [0.1, 0.15) is 0 Å². The van der Waals surface area contributed by atoms with E-state index in [-0.39, 0.29) is 0 Å². The highest BCUT2D eigenvalue weighted by molar-refractivity contribution is 7.00. The van der Waals surface area contributed by atoms with Crippen molar-refractivity contribution in [2.75, 3.05) is 0 Å². The maximum Gasteiger partial charge on any atom is 0.142 e. The van der Waals surface area contributed by atoms with E-state index in [9.17, 15) is 0 Å². The van der Waals surface area contributed by atoms with Crippen molar-refractivity contribution in [2.24, 2.45) is 0 Å². The maximum absolute atomic E-state index is 4.15. The average Bonchev–Trinajstić information content (AvgIpc) is 2.36. The zero-order valence-electron chi connectivity index (χ0n) is 5.53. The molecule has 0 saturated heterocycles. The number of hydrogen-bond donors (Lipinski definition) is 0. The van der Waals surface area contributed by atoms with Crippen molar-refractivity contribution in [1.82, 2.24) is 8.75 Å². The highest BCUT2D eigenvalue weighted by atomic mass is 32.1. The fraction of sp³-hybridized carbons (Fsp3) is 0. The second-order valence-corrected chi connectivity index (χ2v) is 2.74. The Morgan fingerprint density at radius 1 is 1.30 bits per heavy atom. The van der Waals surface area contributed by atoms with Gasteiger partial charge in [0.25, 0.3) is 0 Å². The summed E-state index contributed by atoms with van der Waals surface area (Å²) in [6.45, 7) is 0. The minimum atomic E-state index is 1.00. The Bertz CT molecular complexity index is 357. The van der Waals surface area contributed by atoms with E-state index in [4.69, 9.17) is 0 Å². The molecule has 0 amide bonds. The average molecular weight is 148 g/mol. The van der Waals surface area contributed by atoms with Crippen molar-refractivity contribution in [3.05, 3.63) is 18.2 Å². The first kappa shape index (κ1) is 5.86. The lowest BCUT2D eigenvalue weighted by molar-refractivity contribution is 1.67. The van der Waals surface area contributed by atoms with Crippen LogP contribution in [-0.2, 0) is 0 Å². The number of benzene rings is 1. The Morgan fingerprint density at radius 2 is 2.20 bits per heavy atom. The molecule has 0 bridgehead atoms. The smallest absolute Gasteiger partial charge is 0.142 e. The molecule has 0 aliphatic heterocycles. The standard InChI is InChI=1S/C6H5BN2S/c7-4-2-1-3-5-6(4)9-10-8-5/h1-3H,7H2. The Balaban J connectivity index is 2.95. The van der Waals surface area contributed by atoms with E-state index < -0.39 is 0 Å². The summed E-state index contributed by atoms with van der Waals surface area (Å²) in [4.78, 5) is 0. The fourth-order valence-electron chi connectivity index (χ4n) is 0.941. The van der Waals surface area contributed by atoms with Gasteiger partial charge in [0, 0.05) is 0 Å². The van der Waals surface area contributed by atoms with Gasteiger partial charge < -0.3 is 0 Å². The molecule has 0 aliphatic rings. The molecule has 0 atom stereocenters. The molecule has 0 spiro atoms. The normalized spacial score (nSPS) is 10.4. The van der Waals surface area contributed by atoms with Gasteiger partial charge in [0.2, 0.25) is 0 Å². The first-order valence-electron chi connectivity index (χ1n) is 3.06. The Morgan fingerprint density at radius 3 is 3.00 bits per heavy atom. The van der Waals surface area contributed by atoms with Gasteiger partial charge in [-0.3, -0.25) is 0 Å². The van der Waals surface area contributed by atoms with Gasteiger partial charge in [0.15, 0.2) is 0 Å². The molecule has 10 heavy (non-hydrogen) atoms. The van der Waals surface area contributed by atoms with Gasteiger partial charge in [-0.1, -0.05) is 17.6 Å². The van der Waals surface area contributed by atoms with Gasteiger partial charge in [-0.05, 0) is 6.07 Å². The summed E-state index contributed by atoms with van der Waals surface area (Å²) in [6.07, 6.45) is 0. The Hall–Kier alpha value is -0.895. The lowest BCUT2D eigenvalue weighted by Crippen LogP contribution is -2.01. The van der Waals surface area contributed by atoms with Crippen molar-refractivity contribution in [3.8, 4) is 0 Å². The highest BCUT2D eigenvalue weighted by Crippen LogP contribution is 2.06. The van der Waals surface area contributed by atoms with E-state index in [1.54, 1.807) is 0 Å². The summed E-state index contributed by atoms with van der Waals surface area (Å²) >= 11 is 1.27. The van der Waals surface area contributed by atoms with Gasteiger partial charge >= 0.3 is 0 Å². The number of nitrogens with zero attached hydrogens (tertiary/aromatic N) is 2. The lowest BCUT2D eigenvalue weighted by Gasteiger charge is -1.88.